The van der Waals surface area contributed by atoms with Crippen LogP contribution >= 0.6 is 0 Å². The average molecular weight is 388 g/mol. The molecule has 0 unspecified atom stereocenters. The van der Waals surface area contributed by atoms with Crippen LogP contribution < -0.4 is 5.32 Å². The van der Waals surface area contributed by atoms with E-state index in [0.717, 1.165) is 25.2 Å². The summed E-state index contributed by atoms with van der Waals surface area (Å²) in [4.78, 5) is 33.7. The maximum atomic E-state index is 12.9. The van der Waals surface area contributed by atoms with Gasteiger partial charge >= 0.3 is 0 Å². The number of oxazole rings is 1. The van der Waals surface area contributed by atoms with Crippen molar-refractivity contribution in [1.82, 2.24) is 29.9 Å². The van der Waals surface area contributed by atoms with Gasteiger partial charge in [-0.25, -0.2) is 4.98 Å². The minimum Gasteiger partial charge on any atom is -0.443 e. The first-order chi connectivity index (χ1) is 13.3. The third-order valence-corrected chi connectivity index (χ3v) is 5.09. The van der Waals surface area contributed by atoms with Gasteiger partial charge in [-0.1, -0.05) is 0 Å². The van der Waals surface area contributed by atoms with Crippen LogP contribution in [0, 0.1) is 13.8 Å². The third kappa shape index (κ3) is 4.24. The van der Waals surface area contributed by atoms with E-state index >= 15 is 0 Å². The summed E-state index contributed by atoms with van der Waals surface area (Å²) in [5.41, 5.74) is 1.54. The molecule has 0 bridgehead atoms. The summed E-state index contributed by atoms with van der Waals surface area (Å²) in [6.07, 6.45) is 0.932. The molecule has 0 aromatic carbocycles. The molecule has 1 saturated heterocycles. The number of hydrogen-bond acceptors (Lipinski definition) is 6. The van der Waals surface area contributed by atoms with Crippen molar-refractivity contribution in [3.8, 4) is 0 Å². The van der Waals surface area contributed by atoms with Crippen LogP contribution in [0.1, 0.15) is 57.7 Å². The van der Waals surface area contributed by atoms with Crippen LogP contribution in [-0.2, 0) is 7.05 Å². The number of carbonyl (C=O) groups excluding carboxylic acids is 2. The smallest absolute Gasteiger partial charge is 0.276 e. The molecule has 0 saturated carbocycles. The number of rotatable bonds is 4. The summed E-state index contributed by atoms with van der Waals surface area (Å²) in [5.74, 6) is 0.346. The zero-order chi connectivity index (χ0) is 20.4. The van der Waals surface area contributed by atoms with Crippen molar-refractivity contribution in [2.75, 3.05) is 33.2 Å². The van der Waals surface area contributed by atoms with Crippen molar-refractivity contribution in [3.63, 3.8) is 0 Å². The number of likely N-dealkylation sites (N-methyl/N-ethyl adjacent to an activating group) is 1. The third-order valence-electron chi connectivity index (χ3n) is 5.09. The number of nitrogens with zero attached hydrogens (tertiary/aromatic N) is 5. The monoisotopic (exact) mass is 388 g/mol. The van der Waals surface area contributed by atoms with E-state index < -0.39 is 6.04 Å². The van der Waals surface area contributed by atoms with Crippen LogP contribution in [0.15, 0.2) is 10.5 Å². The summed E-state index contributed by atoms with van der Waals surface area (Å²) in [6, 6.07) is 1.24. The molecule has 1 atom stereocenters. The normalized spacial score (nSPS) is 16.7. The largest absolute Gasteiger partial charge is 0.443 e. The molecule has 9 heteroatoms. The lowest BCUT2D eigenvalue weighted by Gasteiger charge is -2.19. The van der Waals surface area contributed by atoms with Crippen LogP contribution in [0.5, 0.6) is 0 Å². The predicted molar refractivity (Wildman–Crippen MR) is 103 cm³/mol. The lowest BCUT2D eigenvalue weighted by atomic mass is 10.3. The van der Waals surface area contributed by atoms with Crippen molar-refractivity contribution < 1.29 is 14.0 Å². The second-order valence-corrected chi connectivity index (χ2v) is 7.40. The molecule has 1 aliphatic rings. The Bertz CT molecular complexity index is 852. The van der Waals surface area contributed by atoms with E-state index in [0.29, 0.717) is 36.1 Å². The quantitative estimate of drug-likeness (QED) is 0.848. The van der Waals surface area contributed by atoms with Crippen molar-refractivity contribution in [3.05, 3.63) is 34.8 Å². The molecule has 1 fully saturated rings. The number of aryl methyl sites for hydroxylation is 3. The van der Waals surface area contributed by atoms with E-state index in [4.69, 9.17) is 4.42 Å². The minimum atomic E-state index is -0.481. The number of amides is 2. The summed E-state index contributed by atoms with van der Waals surface area (Å²) >= 11 is 0. The minimum absolute atomic E-state index is 0.123. The maximum absolute atomic E-state index is 12.9. The van der Waals surface area contributed by atoms with Crippen LogP contribution in [0.25, 0.3) is 0 Å². The molecule has 152 valence electrons. The van der Waals surface area contributed by atoms with Gasteiger partial charge in [0.15, 0.2) is 5.69 Å². The molecule has 2 amide bonds. The Balaban J connectivity index is 1.70. The molecule has 0 aliphatic carbocycles. The first kappa shape index (κ1) is 20.1. The topological polar surface area (TPSA) is 96.5 Å². The SMILES string of the molecule is Cc1oc([C@H](C)NC(=O)c2cc(C)n(C)n2)nc1C(=O)N1CCCN(C)CC1. The number of carbonyl (C=O) groups is 2. The van der Waals surface area contributed by atoms with Gasteiger partial charge in [0.05, 0.1) is 0 Å². The average Bonchev–Trinajstić information content (AvgIpc) is 3.11. The number of nitrogens with one attached hydrogen (secondary N) is 1. The molecule has 9 nitrogen and oxygen atoms in total. The molecule has 3 rings (SSSR count). The molecule has 0 radical (unpaired) electrons. The Kier molecular flexibility index (Phi) is 5.83. The highest BCUT2D eigenvalue weighted by molar-refractivity contribution is 5.93. The van der Waals surface area contributed by atoms with Gasteiger partial charge in [0.2, 0.25) is 5.89 Å². The van der Waals surface area contributed by atoms with Gasteiger partial charge in [-0.15, -0.1) is 0 Å². The molecule has 2 aromatic rings. The molecule has 0 spiro atoms. The summed E-state index contributed by atoms with van der Waals surface area (Å²) < 4.78 is 7.34. The highest BCUT2D eigenvalue weighted by Gasteiger charge is 2.26. The van der Waals surface area contributed by atoms with Gasteiger partial charge in [0.25, 0.3) is 11.8 Å². The Labute approximate surface area is 164 Å². The van der Waals surface area contributed by atoms with Gasteiger partial charge in [-0.3, -0.25) is 14.3 Å². The fourth-order valence-electron chi connectivity index (χ4n) is 3.20. The van der Waals surface area contributed by atoms with Crippen LogP contribution in [0.2, 0.25) is 0 Å². The van der Waals surface area contributed by atoms with Crippen molar-refractivity contribution in [1.29, 1.82) is 0 Å². The lowest BCUT2D eigenvalue weighted by Crippen LogP contribution is -2.35. The number of hydrogen-bond donors (Lipinski definition) is 1. The molecule has 2 aromatic heterocycles. The Hall–Kier alpha value is -2.68. The maximum Gasteiger partial charge on any atom is 0.276 e. The van der Waals surface area contributed by atoms with Crippen LogP contribution in [-0.4, -0.2) is 69.6 Å². The summed E-state index contributed by atoms with van der Waals surface area (Å²) in [6.45, 7) is 8.56. The van der Waals surface area contributed by atoms with Crippen molar-refractivity contribution in [2.24, 2.45) is 7.05 Å². The highest BCUT2D eigenvalue weighted by atomic mass is 16.4. The van der Waals surface area contributed by atoms with Gasteiger partial charge in [0, 0.05) is 32.4 Å². The second-order valence-electron chi connectivity index (χ2n) is 7.40. The van der Waals surface area contributed by atoms with E-state index in [-0.39, 0.29) is 11.8 Å². The van der Waals surface area contributed by atoms with Crippen molar-refractivity contribution >= 4 is 11.8 Å². The van der Waals surface area contributed by atoms with Gasteiger partial charge in [-0.05, 0) is 46.9 Å². The zero-order valence-electron chi connectivity index (χ0n) is 17.2. The molecule has 3 heterocycles. The van der Waals surface area contributed by atoms with E-state index in [1.54, 1.807) is 31.6 Å². The fraction of sp³-hybridized carbons (Fsp3) is 0.579. The Morgan fingerprint density at radius 3 is 2.61 bits per heavy atom. The fourth-order valence-corrected chi connectivity index (χ4v) is 3.20. The number of aromatic nitrogens is 3. The van der Waals surface area contributed by atoms with E-state index in [2.05, 4.69) is 27.3 Å². The predicted octanol–water partition coefficient (Wildman–Crippen LogP) is 1.29. The van der Waals surface area contributed by atoms with Gasteiger partial charge < -0.3 is 19.5 Å². The Morgan fingerprint density at radius 1 is 1.18 bits per heavy atom. The van der Waals surface area contributed by atoms with Gasteiger partial charge in [-0.2, -0.15) is 5.10 Å². The molecule has 1 N–H and O–H groups in total. The molecular formula is C19H28N6O3. The second kappa shape index (κ2) is 8.14. The van der Waals surface area contributed by atoms with E-state index in [1.165, 1.54) is 0 Å². The van der Waals surface area contributed by atoms with Crippen LogP contribution in [0.3, 0.4) is 0 Å². The van der Waals surface area contributed by atoms with E-state index in [1.807, 2.05) is 11.8 Å². The summed E-state index contributed by atoms with van der Waals surface area (Å²) in [5, 5.41) is 7.00. The standard InChI is InChI=1S/C19H28N6O3/c1-12-11-15(22-24(12)5)17(26)20-13(2)18-21-16(14(3)28-18)19(27)25-8-6-7-23(4)9-10-25/h11,13H,6-10H2,1-5H3,(H,20,26)/t13-/m0/s1. The van der Waals surface area contributed by atoms with E-state index in [9.17, 15) is 9.59 Å². The first-order valence-electron chi connectivity index (χ1n) is 9.53. The lowest BCUT2D eigenvalue weighted by molar-refractivity contribution is 0.0755. The van der Waals surface area contributed by atoms with Gasteiger partial charge in [0.1, 0.15) is 17.5 Å². The molecular weight excluding hydrogens is 360 g/mol. The molecule has 1 aliphatic heterocycles. The zero-order valence-corrected chi connectivity index (χ0v) is 17.2. The Morgan fingerprint density at radius 2 is 1.93 bits per heavy atom. The van der Waals surface area contributed by atoms with Crippen LogP contribution in [0.4, 0.5) is 0 Å². The first-order valence-corrected chi connectivity index (χ1v) is 9.53. The van der Waals surface area contributed by atoms with Crippen molar-refractivity contribution in [2.45, 2.75) is 33.2 Å². The summed E-state index contributed by atoms with van der Waals surface area (Å²) in [7, 11) is 3.84. The molecule has 28 heavy (non-hydrogen) atoms. The highest BCUT2D eigenvalue weighted by Crippen LogP contribution is 2.19.